The zero-order valence-corrected chi connectivity index (χ0v) is 16.7. The summed E-state index contributed by atoms with van der Waals surface area (Å²) >= 11 is 0. The number of nitrogens with zero attached hydrogens (tertiary/aromatic N) is 1. The third kappa shape index (κ3) is 7.81. The van der Waals surface area contributed by atoms with Crippen molar-refractivity contribution >= 4 is 5.91 Å². The molecule has 1 amide bonds. The van der Waals surface area contributed by atoms with E-state index in [0.29, 0.717) is 5.41 Å². The lowest BCUT2D eigenvalue weighted by Gasteiger charge is -2.43. The maximum atomic E-state index is 11.2. The van der Waals surface area contributed by atoms with Crippen LogP contribution in [0.3, 0.4) is 0 Å². The summed E-state index contributed by atoms with van der Waals surface area (Å²) in [7, 11) is 0. The minimum Gasteiger partial charge on any atom is -0.389 e. The molecule has 2 aliphatic heterocycles. The molecule has 0 spiro atoms. The zero-order valence-electron chi connectivity index (χ0n) is 16.7. The summed E-state index contributed by atoms with van der Waals surface area (Å²) in [4.78, 5) is 13.4. The Balaban J connectivity index is 0.000000449. The molecule has 2 aliphatic rings. The van der Waals surface area contributed by atoms with E-state index < -0.39 is 0 Å². The molecule has 3 N–H and O–H groups in total. The SMILES string of the molecule is C.C=C1CCC(C(C)(C)C)CN1.CC(C)(C)N1CCCCC1C(N)=O. The summed E-state index contributed by atoms with van der Waals surface area (Å²) < 4.78 is 0. The number of carbonyl (C=O) groups is 1. The minimum absolute atomic E-state index is 0. The van der Waals surface area contributed by atoms with Crippen molar-refractivity contribution in [2.45, 2.75) is 92.7 Å². The van der Waals surface area contributed by atoms with Crippen LogP contribution in [0.25, 0.3) is 0 Å². The minimum atomic E-state index is -0.172. The van der Waals surface area contributed by atoms with Gasteiger partial charge in [0, 0.05) is 17.8 Å². The smallest absolute Gasteiger partial charge is 0.234 e. The fraction of sp³-hybridized carbons (Fsp3) is 0.857. The van der Waals surface area contributed by atoms with Crippen molar-refractivity contribution in [1.82, 2.24) is 10.2 Å². The first-order valence-corrected chi connectivity index (χ1v) is 9.40. The van der Waals surface area contributed by atoms with Crippen LogP contribution in [-0.4, -0.2) is 35.5 Å². The Morgan fingerprint density at radius 2 is 1.76 bits per heavy atom. The van der Waals surface area contributed by atoms with Gasteiger partial charge in [-0.05, 0) is 64.3 Å². The van der Waals surface area contributed by atoms with Crippen LogP contribution in [0.15, 0.2) is 12.3 Å². The van der Waals surface area contributed by atoms with E-state index in [0.717, 1.165) is 38.3 Å². The highest BCUT2D eigenvalue weighted by Crippen LogP contribution is 2.32. The fourth-order valence-corrected chi connectivity index (χ4v) is 3.58. The van der Waals surface area contributed by atoms with E-state index in [1.54, 1.807) is 0 Å². The second-order valence-electron chi connectivity index (χ2n) is 9.36. The van der Waals surface area contributed by atoms with Crippen molar-refractivity contribution in [3.05, 3.63) is 12.3 Å². The number of piperidine rings is 2. The molecule has 0 bridgehead atoms. The zero-order chi connectivity index (χ0) is 18.5. The second kappa shape index (κ2) is 9.61. The molecule has 148 valence electrons. The number of nitrogens with one attached hydrogen (secondary N) is 1. The number of allylic oxidation sites excluding steroid dienone is 1. The molecule has 2 fully saturated rings. The third-order valence-corrected chi connectivity index (χ3v) is 5.31. The van der Waals surface area contributed by atoms with Gasteiger partial charge in [0.15, 0.2) is 0 Å². The van der Waals surface area contributed by atoms with Crippen LogP contribution in [0.4, 0.5) is 0 Å². The van der Waals surface area contributed by atoms with E-state index in [-0.39, 0.29) is 24.9 Å². The van der Waals surface area contributed by atoms with E-state index in [2.05, 4.69) is 58.3 Å². The van der Waals surface area contributed by atoms with Gasteiger partial charge in [0.2, 0.25) is 5.91 Å². The molecule has 0 aromatic rings. The molecule has 4 heteroatoms. The van der Waals surface area contributed by atoms with Gasteiger partial charge in [0.25, 0.3) is 0 Å². The molecule has 0 aliphatic carbocycles. The molecule has 2 rings (SSSR count). The summed E-state index contributed by atoms with van der Waals surface area (Å²) in [6.07, 6.45) is 5.69. The Labute approximate surface area is 156 Å². The highest BCUT2D eigenvalue weighted by molar-refractivity contribution is 5.80. The van der Waals surface area contributed by atoms with Gasteiger partial charge in [-0.1, -0.05) is 41.2 Å². The number of carbonyl (C=O) groups excluding carboxylic acids is 1. The predicted octanol–water partition coefficient (Wildman–Crippen LogP) is 4.31. The highest BCUT2D eigenvalue weighted by atomic mass is 16.1. The molecule has 0 aromatic heterocycles. The highest BCUT2D eigenvalue weighted by Gasteiger charge is 2.33. The number of amides is 1. The fourth-order valence-electron chi connectivity index (χ4n) is 3.58. The first kappa shape index (κ1) is 24.0. The van der Waals surface area contributed by atoms with Crippen LogP contribution in [0.5, 0.6) is 0 Å². The van der Waals surface area contributed by atoms with Gasteiger partial charge >= 0.3 is 0 Å². The van der Waals surface area contributed by atoms with Gasteiger partial charge in [-0.2, -0.15) is 0 Å². The Morgan fingerprint density at radius 1 is 1.16 bits per heavy atom. The predicted molar refractivity (Wildman–Crippen MR) is 109 cm³/mol. The lowest BCUT2D eigenvalue weighted by molar-refractivity contribution is -0.127. The van der Waals surface area contributed by atoms with Gasteiger partial charge < -0.3 is 11.1 Å². The molecule has 0 radical (unpaired) electrons. The van der Waals surface area contributed by atoms with Crippen molar-refractivity contribution in [3.63, 3.8) is 0 Å². The van der Waals surface area contributed by atoms with Crippen molar-refractivity contribution in [1.29, 1.82) is 0 Å². The van der Waals surface area contributed by atoms with E-state index in [9.17, 15) is 4.79 Å². The molecule has 0 aromatic carbocycles. The second-order valence-corrected chi connectivity index (χ2v) is 9.36. The van der Waals surface area contributed by atoms with Crippen molar-refractivity contribution < 1.29 is 4.79 Å². The maximum Gasteiger partial charge on any atom is 0.234 e. The molecule has 25 heavy (non-hydrogen) atoms. The average Bonchev–Trinajstić information content (AvgIpc) is 2.46. The lowest BCUT2D eigenvalue weighted by atomic mass is 9.76. The van der Waals surface area contributed by atoms with Crippen molar-refractivity contribution in [2.24, 2.45) is 17.1 Å². The van der Waals surface area contributed by atoms with Crippen LogP contribution >= 0.6 is 0 Å². The van der Waals surface area contributed by atoms with Gasteiger partial charge in [0.05, 0.1) is 6.04 Å². The summed E-state index contributed by atoms with van der Waals surface area (Å²) in [5, 5.41) is 3.34. The summed E-state index contributed by atoms with van der Waals surface area (Å²) in [6, 6.07) is -0.0475. The van der Waals surface area contributed by atoms with E-state index >= 15 is 0 Å². The van der Waals surface area contributed by atoms with Crippen LogP contribution in [0.1, 0.15) is 81.1 Å². The number of hydrogen-bond acceptors (Lipinski definition) is 3. The molecule has 2 saturated heterocycles. The van der Waals surface area contributed by atoms with E-state index in [4.69, 9.17) is 5.73 Å². The van der Waals surface area contributed by atoms with Crippen LogP contribution in [0, 0.1) is 11.3 Å². The summed E-state index contributed by atoms with van der Waals surface area (Å²) in [6.45, 7) is 19.4. The van der Waals surface area contributed by atoms with Gasteiger partial charge in [-0.25, -0.2) is 0 Å². The quantitative estimate of drug-likeness (QED) is 0.738. The maximum absolute atomic E-state index is 11.2. The molecule has 2 atom stereocenters. The van der Waals surface area contributed by atoms with Crippen molar-refractivity contribution in [3.8, 4) is 0 Å². The van der Waals surface area contributed by atoms with E-state index in [1.165, 1.54) is 18.5 Å². The number of likely N-dealkylation sites (tertiary alicyclic amines) is 1. The van der Waals surface area contributed by atoms with Crippen molar-refractivity contribution in [2.75, 3.05) is 13.1 Å². The first-order chi connectivity index (χ1) is 10.9. The molecule has 2 unspecified atom stereocenters. The van der Waals surface area contributed by atoms with Crippen LogP contribution < -0.4 is 11.1 Å². The molecule has 2 heterocycles. The number of nitrogens with two attached hydrogens (primary N) is 1. The standard InChI is InChI=1S/C10H20N2O.C10H19N.CH4/c1-10(2,3)12-7-5-4-6-8(12)9(11)13;1-8-5-6-9(7-11-8)10(2,3)4;/h8H,4-7H2,1-3H3,(H2,11,13);9,11H,1,5-7H2,2-4H3;1H4. The number of primary amides is 1. The Hall–Kier alpha value is -1.03. The topological polar surface area (TPSA) is 58.4 Å². The molecular weight excluding hydrogens is 310 g/mol. The molecule has 4 nitrogen and oxygen atoms in total. The summed E-state index contributed by atoms with van der Waals surface area (Å²) in [5.41, 5.74) is 7.09. The molecular formula is C21H43N3O. The monoisotopic (exact) mass is 353 g/mol. The Morgan fingerprint density at radius 3 is 2.12 bits per heavy atom. The molecule has 0 saturated carbocycles. The normalized spacial score (nSPS) is 25.1. The number of hydrogen-bond donors (Lipinski definition) is 2. The Kier molecular flexibility index (Phi) is 9.21. The van der Waals surface area contributed by atoms with Gasteiger partial charge in [0.1, 0.15) is 0 Å². The number of rotatable bonds is 1. The lowest BCUT2D eigenvalue weighted by Crippen LogP contribution is -2.55. The van der Waals surface area contributed by atoms with Gasteiger partial charge in [-0.3, -0.25) is 9.69 Å². The summed E-state index contributed by atoms with van der Waals surface area (Å²) in [5.74, 6) is 0.641. The Bertz CT molecular complexity index is 421. The largest absolute Gasteiger partial charge is 0.389 e. The van der Waals surface area contributed by atoms with Gasteiger partial charge in [-0.15, -0.1) is 0 Å². The first-order valence-electron chi connectivity index (χ1n) is 9.40. The van der Waals surface area contributed by atoms with Crippen LogP contribution in [-0.2, 0) is 4.79 Å². The average molecular weight is 354 g/mol. The third-order valence-electron chi connectivity index (χ3n) is 5.31. The van der Waals surface area contributed by atoms with E-state index in [1.807, 2.05) is 0 Å². The van der Waals surface area contributed by atoms with Crippen LogP contribution in [0.2, 0.25) is 0 Å².